The number of thiazole rings is 1. The number of allylic oxidation sites excluding steroid dienone is 1. The Morgan fingerprint density at radius 1 is 1.24 bits per heavy atom. The molecule has 33 heavy (non-hydrogen) atoms. The highest BCUT2D eigenvalue weighted by molar-refractivity contribution is 7.07. The van der Waals surface area contributed by atoms with Gasteiger partial charge in [-0.05, 0) is 43.7 Å². The number of para-hydroxylation sites is 1. The highest BCUT2D eigenvalue weighted by atomic mass is 35.5. The predicted molar refractivity (Wildman–Crippen MR) is 130 cm³/mol. The summed E-state index contributed by atoms with van der Waals surface area (Å²) in [6, 6.07) is 14.4. The molecule has 2 aromatic carbocycles. The van der Waals surface area contributed by atoms with Crippen LogP contribution < -0.4 is 14.9 Å². The zero-order chi connectivity index (χ0) is 23.1. The number of fused-ring (bicyclic) bond motifs is 2. The second-order valence-electron chi connectivity index (χ2n) is 7.64. The number of carbonyl (C=O) groups is 1. The van der Waals surface area contributed by atoms with Gasteiger partial charge < -0.3 is 9.72 Å². The first-order chi connectivity index (χ1) is 16.0. The van der Waals surface area contributed by atoms with Gasteiger partial charge in [-0.2, -0.15) is 0 Å². The maximum atomic E-state index is 13.6. The van der Waals surface area contributed by atoms with E-state index in [1.54, 1.807) is 30.5 Å². The molecule has 0 amide bonds. The number of nitrogens with zero attached hydrogens (tertiary/aromatic N) is 2. The lowest BCUT2D eigenvalue weighted by Gasteiger charge is -2.24. The second kappa shape index (κ2) is 8.50. The minimum absolute atomic E-state index is 0.210. The fraction of sp³-hybridized carbons (Fsp3) is 0.160. The summed E-state index contributed by atoms with van der Waals surface area (Å²) in [4.78, 5) is 34.9. The van der Waals surface area contributed by atoms with E-state index in [4.69, 9.17) is 16.3 Å². The Kier molecular flexibility index (Phi) is 5.52. The molecule has 1 aliphatic rings. The van der Waals surface area contributed by atoms with Gasteiger partial charge in [0.05, 0.1) is 28.5 Å². The van der Waals surface area contributed by atoms with E-state index >= 15 is 0 Å². The molecule has 166 valence electrons. The van der Waals surface area contributed by atoms with Gasteiger partial charge in [-0.15, -0.1) is 0 Å². The zero-order valence-electron chi connectivity index (χ0n) is 18.0. The molecule has 5 rings (SSSR count). The fourth-order valence-electron chi connectivity index (χ4n) is 4.11. The molecule has 0 bridgehead atoms. The highest BCUT2D eigenvalue weighted by Gasteiger charge is 2.33. The quantitative estimate of drug-likeness (QED) is 0.452. The summed E-state index contributed by atoms with van der Waals surface area (Å²) in [6.07, 6.45) is 3.75. The summed E-state index contributed by atoms with van der Waals surface area (Å²) in [6.45, 7) is 3.75. The molecule has 0 radical (unpaired) electrons. The number of hydrogen-bond acceptors (Lipinski definition) is 5. The summed E-state index contributed by atoms with van der Waals surface area (Å²) in [5.74, 6) is -0.482. The van der Waals surface area contributed by atoms with Crippen molar-refractivity contribution in [3.8, 4) is 0 Å². The second-order valence-corrected chi connectivity index (χ2v) is 9.09. The fourth-order valence-corrected chi connectivity index (χ4v) is 5.27. The Balaban J connectivity index is 1.74. The van der Waals surface area contributed by atoms with E-state index in [2.05, 4.69) is 9.98 Å². The van der Waals surface area contributed by atoms with Crippen molar-refractivity contribution < 1.29 is 9.53 Å². The monoisotopic (exact) mass is 477 g/mol. The number of H-pyrrole nitrogens is 1. The SMILES string of the molecule is CCOC(=O)C1=C(C)N=c2s/c(=C/c3c[nH]c4ccccc34)c(=O)n2C1c1ccc(Cl)cc1. The van der Waals surface area contributed by atoms with Gasteiger partial charge in [0.15, 0.2) is 4.80 Å². The van der Waals surface area contributed by atoms with Gasteiger partial charge in [-0.25, -0.2) is 9.79 Å². The number of hydrogen-bond donors (Lipinski definition) is 1. The molecule has 1 N–H and O–H groups in total. The molecule has 0 aliphatic carbocycles. The predicted octanol–water partition coefficient (Wildman–Crippen LogP) is 3.93. The third kappa shape index (κ3) is 3.73. The third-order valence-corrected chi connectivity index (χ3v) is 6.85. The molecule has 0 saturated heterocycles. The lowest BCUT2D eigenvalue weighted by molar-refractivity contribution is -0.139. The topological polar surface area (TPSA) is 76.4 Å². The van der Waals surface area contributed by atoms with Gasteiger partial charge in [0.25, 0.3) is 5.56 Å². The van der Waals surface area contributed by atoms with Crippen molar-refractivity contribution >= 4 is 45.9 Å². The standard InChI is InChI=1S/C25H20ClN3O3S/c1-3-32-24(31)21-14(2)28-25-29(22(21)15-8-10-17(26)11-9-15)23(30)20(33-25)12-16-13-27-19-7-5-4-6-18(16)19/h4-13,22,27H,3H2,1-2H3/b20-12+. The van der Waals surface area contributed by atoms with Crippen LogP contribution >= 0.6 is 22.9 Å². The van der Waals surface area contributed by atoms with Gasteiger partial charge in [0.1, 0.15) is 0 Å². The van der Waals surface area contributed by atoms with Crippen molar-refractivity contribution in [2.24, 2.45) is 4.99 Å². The van der Waals surface area contributed by atoms with Crippen LogP contribution in [0, 0.1) is 0 Å². The summed E-state index contributed by atoms with van der Waals surface area (Å²) in [7, 11) is 0. The van der Waals surface area contributed by atoms with E-state index in [-0.39, 0.29) is 12.2 Å². The number of halogens is 1. The minimum Gasteiger partial charge on any atom is -0.463 e. The molecule has 0 fully saturated rings. The molecular formula is C25H20ClN3O3S. The maximum absolute atomic E-state index is 13.6. The van der Waals surface area contributed by atoms with Crippen molar-refractivity contribution in [3.63, 3.8) is 0 Å². The van der Waals surface area contributed by atoms with Crippen LogP contribution in [0.5, 0.6) is 0 Å². The third-order valence-electron chi connectivity index (χ3n) is 5.61. The molecular weight excluding hydrogens is 458 g/mol. The summed E-state index contributed by atoms with van der Waals surface area (Å²) >= 11 is 7.40. The Labute approximate surface area is 198 Å². The van der Waals surface area contributed by atoms with Crippen LogP contribution in [-0.2, 0) is 9.53 Å². The number of esters is 1. The summed E-state index contributed by atoms with van der Waals surface area (Å²) in [5, 5.41) is 1.60. The number of benzene rings is 2. The van der Waals surface area contributed by atoms with Crippen molar-refractivity contribution in [3.05, 3.63) is 102 Å². The van der Waals surface area contributed by atoms with Crippen LogP contribution in [0.15, 0.2) is 75.8 Å². The molecule has 1 aliphatic heterocycles. The minimum atomic E-state index is -0.650. The molecule has 3 heterocycles. The first-order valence-electron chi connectivity index (χ1n) is 10.5. The first kappa shape index (κ1) is 21.4. The number of rotatable bonds is 4. The number of carbonyl (C=O) groups excluding carboxylic acids is 1. The largest absolute Gasteiger partial charge is 0.463 e. The van der Waals surface area contributed by atoms with Crippen molar-refractivity contribution in [1.29, 1.82) is 0 Å². The van der Waals surface area contributed by atoms with E-state index in [0.29, 0.717) is 25.6 Å². The number of aromatic nitrogens is 2. The molecule has 1 unspecified atom stereocenters. The lowest BCUT2D eigenvalue weighted by Crippen LogP contribution is -2.39. The van der Waals surface area contributed by atoms with Crippen LogP contribution in [0.1, 0.15) is 31.0 Å². The number of aromatic amines is 1. The van der Waals surface area contributed by atoms with E-state index in [1.807, 2.05) is 48.7 Å². The molecule has 6 nitrogen and oxygen atoms in total. The maximum Gasteiger partial charge on any atom is 0.338 e. The average Bonchev–Trinajstić information content (AvgIpc) is 3.35. The van der Waals surface area contributed by atoms with E-state index in [0.717, 1.165) is 22.0 Å². The van der Waals surface area contributed by atoms with Crippen LogP contribution in [0.3, 0.4) is 0 Å². The summed E-state index contributed by atoms with van der Waals surface area (Å²) in [5.41, 5.74) is 3.35. The lowest BCUT2D eigenvalue weighted by atomic mass is 9.96. The normalized spacial score (nSPS) is 16.1. The van der Waals surface area contributed by atoms with Crippen molar-refractivity contribution in [2.75, 3.05) is 6.61 Å². The van der Waals surface area contributed by atoms with Crippen LogP contribution in [0.2, 0.25) is 5.02 Å². The van der Waals surface area contributed by atoms with Gasteiger partial charge in [0, 0.05) is 27.7 Å². The van der Waals surface area contributed by atoms with E-state index in [9.17, 15) is 9.59 Å². The molecule has 1 atom stereocenters. The molecule has 8 heteroatoms. The van der Waals surface area contributed by atoms with E-state index in [1.165, 1.54) is 11.3 Å². The average molecular weight is 478 g/mol. The number of nitrogens with one attached hydrogen (secondary N) is 1. The molecule has 0 spiro atoms. The Morgan fingerprint density at radius 2 is 2.00 bits per heavy atom. The first-order valence-corrected chi connectivity index (χ1v) is 11.7. The Bertz CT molecular complexity index is 1590. The van der Waals surface area contributed by atoms with Gasteiger partial charge >= 0.3 is 5.97 Å². The molecule has 4 aromatic rings. The Morgan fingerprint density at radius 3 is 2.76 bits per heavy atom. The molecule has 2 aromatic heterocycles. The Hall–Kier alpha value is -3.42. The van der Waals surface area contributed by atoms with E-state index < -0.39 is 12.0 Å². The smallest absolute Gasteiger partial charge is 0.338 e. The van der Waals surface area contributed by atoms with Gasteiger partial charge in [0.2, 0.25) is 0 Å². The van der Waals surface area contributed by atoms with Crippen LogP contribution in [0.4, 0.5) is 0 Å². The zero-order valence-corrected chi connectivity index (χ0v) is 19.5. The van der Waals surface area contributed by atoms with Crippen LogP contribution in [0.25, 0.3) is 17.0 Å². The van der Waals surface area contributed by atoms with Crippen LogP contribution in [-0.4, -0.2) is 22.1 Å². The highest BCUT2D eigenvalue weighted by Crippen LogP contribution is 2.31. The summed E-state index contributed by atoms with van der Waals surface area (Å²) < 4.78 is 7.43. The molecule has 0 saturated carbocycles. The van der Waals surface area contributed by atoms with Crippen molar-refractivity contribution in [2.45, 2.75) is 19.9 Å². The van der Waals surface area contributed by atoms with Gasteiger partial charge in [-0.3, -0.25) is 9.36 Å². The van der Waals surface area contributed by atoms with Crippen molar-refractivity contribution in [1.82, 2.24) is 9.55 Å². The van der Waals surface area contributed by atoms with Gasteiger partial charge in [-0.1, -0.05) is 53.3 Å². The number of ether oxygens (including phenoxy) is 1.